The molecule has 1 saturated heterocycles. The van der Waals surface area contributed by atoms with Gasteiger partial charge in [0.1, 0.15) is 23.9 Å². The van der Waals surface area contributed by atoms with Crippen LogP contribution < -0.4 is 9.47 Å². The van der Waals surface area contributed by atoms with Crippen LogP contribution in [-0.2, 0) is 4.79 Å². The summed E-state index contributed by atoms with van der Waals surface area (Å²) < 4.78 is 11.7. The molecule has 1 fully saturated rings. The monoisotopic (exact) mass is 407 g/mol. The van der Waals surface area contributed by atoms with E-state index in [1.165, 1.54) is 0 Å². The van der Waals surface area contributed by atoms with Crippen molar-refractivity contribution < 1.29 is 14.3 Å². The Kier molecular flexibility index (Phi) is 7.39. The zero-order chi connectivity index (χ0) is 19.1. The molecule has 4 nitrogen and oxygen atoms in total. The SMILES string of the molecule is O=C(Cl)CCCN1CCC[C@@H]1COc1ccc(Oc2ccc(Cl)cc2)cc1. The Hall–Kier alpha value is -1.75. The van der Waals surface area contributed by atoms with Crippen LogP contribution in [0.5, 0.6) is 17.2 Å². The first-order valence-corrected chi connectivity index (χ1v) is 9.94. The second kappa shape index (κ2) is 9.98. The number of hydrogen-bond donors (Lipinski definition) is 0. The molecule has 0 aromatic heterocycles. The molecule has 27 heavy (non-hydrogen) atoms. The van der Waals surface area contributed by atoms with E-state index < -0.39 is 0 Å². The van der Waals surface area contributed by atoms with Gasteiger partial charge in [0.15, 0.2) is 0 Å². The van der Waals surface area contributed by atoms with Gasteiger partial charge in [-0.25, -0.2) is 0 Å². The Bertz CT molecular complexity index is 734. The normalized spacial score (nSPS) is 17.0. The summed E-state index contributed by atoms with van der Waals surface area (Å²) in [6.07, 6.45) is 3.51. The van der Waals surface area contributed by atoms with Crippen molar-refractivity contribution in [3.63, 3.8) is 0 Å². The van der Waals surface area contributed by atoms with Crippen LogP contribution in [0.2, 0.25) is 5.02 Å². The average Bonchev–Trinajstić information content (AvgIpc) is 3.10. The van der Waals surface area contributed by atoms with Gasteiger partial charge in [0.25, 0.3) is 0 Å². The summed E-state index contributed by atoms with van der Waals surface area (Å²) in [7, 11) is 0. The zero-order valence-electron chi connectivity index (χ0n) is 15.1. The lowest BCUT2D eigenvalue weighted by molar-refractivity contribution is -0.111. The van der Waals surface area contributed by atoms with Crippen molar-refractivity contribution in [3.8, 4) is 17.2 Å². The van der Waals surface area contributed by atoms with Crippen molar-refractivity contribution in [2.24, 2.45) is 0 Å². The van der Waals surface area contributed by atoms with E-state index in [2.05, 4.69) is 4.90 Å². The van der Waals surface area contributed by atoms with Crippen LogP contribution in [0, 0.1) is 0 Å². The van der Waals surface area contributed by atoms with Crippen molar-refractivity contribution in [2.45, 2.75) is 31.7 Å². The standard InChI is InChI=1S/C21H23Cl2NO3/c22-16-5-7-19(8-6-16)27-20-11-9-18(10-12-20)26-15-17-3-1-13-24(17)14-2-4-21(23)25/h5-12,17H,1-4,13-15H2/t17-/m1/s1. The molecule has 3 rings (SSSR count). The van der Waals surface area contributed by atoms with Crippen molar-refractivity contribution in [1.29, 1.82) is 0 Å². The van der Waals surface area contributed by atoms with Gasteiger partial charge in [0.2, 0.25) is 5.24 Å². The van der Waals surface area contributed by atoms with Crippen molar-refractivity contribution in [2.75, 3.05) is 19.7 Å². The molecule has 1 aliphatic rings. The molecule has 6 heteroatoms. The highest BCUT2D eigenvalue weighted by atomic mass is 35.5. The lowest BCUT2D eigenvalue weighted by atomic mass is 10.2. The van der Waals surface area contributed by atoms with Gasteiger partial charge in [-0.15, -0.1) is 0 Å². The van der Waals surface area contributed by atoms with Gasteiger partial charge < -0.3 is 9.47 Å². The molecule has 0 unspecified atom stereocenters. The second-order valence-corrected chi connectivity index (χ2v) is 7.49. The second-order valence-electron chi connectivity index (χ2n) is 6.63. The Balaban J connectivity index is 1.46. The largest absolute Gasteiger partial charge is 0.492 e. The molecule has 0 radical (unpaired) electrons. The molecule has 0 amide bonds. The molecule has 0 aliphatic carbocycles. The van der Waals surface area contributed by atoms with Crippen LogP contribution in [0.15, 0.2) is 48.5 Å². The first-order chi connectivity index (χ1) is 13.1. The number of carbonyl (C=O) groups is 1. The highest BCUT2D eigenvalue weighted by molar-refractivity contribution is 6.63. The van der Waals surface area contributed by atoms with E-state index in [1.54, 1.807) is 12.1 Å². The number of halogens is 2. The number of rotatable bonds is 9. The summed E-state index contributed by atoms with van der Waals surface area (Å²) in [4.78, 5) is 13.3. The van der Waals surface area contributed by atoms with Gasteiger partial charge in [0.05, 0.1) is 0 Å². The fourth-order valence-corrected chi connectivity index (χ4v) is 3.49. The van der Waals surface area contributed by atoms with Crippen LogP contribution >= 0.6 is 23.2 Å². The fourth-order valence-electron chi connectivity index (χ4n) is 3.23. The Morgan fingerprint density at radius 2 is 1.67 bits per heavy atom. The average molecular weight is 408 g/mol. The van der Waals surface area contributed by atoms with Gasteiger partial charge in [0, 0.05) is 17.5 Å². The number of hydrogen-bond acceptors (Lipinski definition) is 4. The van der Waals surface area contributed by atoms with E-state index in [9.17, 15) is 4.79 Å². The molecule has 0 bridgehead atoms. The van der Waals surface area contributed by atoms with Crippen molar-refractivity contribution in [1.82, 2.24) is 4.90 Å². The highest BCUT2D eigenvalue weighted by Crippen LogP contribution is 2.26. The van der Waals surface area contributed by atoms with Crippen LogP contribution in [-0.4, -0.2) is 35.9 Å². The molecule has 0 saturated carbocycles. The van der Waals surface area contributed by atoms with Gasteiger partial charge in [-0.3, -0.25) is 9.69 Å². The van der Waals surface area contributed by atoms with Crippen LogP contribution in [0.1, 0.15) is 25.7 Å². The quantitative estimate of drug-likeness (QED) is 0.512. The van der Waals surface area contributed by atoms with E-state index in [4.69, 9.17) is 32.7 Å². The van der Waals surface area contributed by atoms with Crippen molar-refractivity contribution in [3.05, 3.63) is 53.6 Å². The van der Waals surface area contributed by atoms with Gasteiger partial charge in [-0.05, 0) is 92.5 Å². The summed E-state index contributed by atoms with van der Waals surface area (Å²) in [6, 6.07) is 15.3. The molecule has 0 N–H and O–H groups in total. The number of ether oxygens (including phenoxy) is 2. The minimum atomic E-state index is -0.261. The fraction of sp³-hybridized carbons (Fsp3) is 0.381. The lowest BCUT2D eigenvalue weighted by Crippen LogP contribution is -2.35. The molecular formula is C21H23Cl2NO3. The minimum absolute atomic E-state index is 0.261. The predicted octanol–water partition coefficient (Wildman–Crippen LogP) is 5.52. The maximum absolute atomic E-state index is 10.9. The van der Waals surface area contributed by atoms with E-state index in [0.717, 1.165) is 49.6 Å². The zero-order valence-corrected chi connectivity index (χ0v) is 16.6. The number of benzene rings is 2. The number of nitrogens with zero attached hydrogens (tertiary/aromatic N) is 1. The third kappa shape index (κ3) is 6.42. The van der Waals surface area contributed by atoms with E-state index in [1.807, 2.05) is 36.4 Å². The predicted molar refractivity (Wildman–Crippen MR) is 108 cm³/mol. The van der Waals surface area contributed by atoms with Gasteiger partial charge in [-0.2, -0.15) is 0 Å². The molecule has 2 aromatic rings. The first kappa shape index (κ1) is 20.0. The minimum Gasteiger partial charge on any atom is -0.492 e. The van der Waals surface area contributed by atoms with Crippen LogP contribution in [0.3, 0.4) is 0 Å². The third-order valence-electron chi connectivity index (χ3n) is 4.63. The van der Waals surface area contributed by atoms with E-state index in [-0.39, 0.29) is 5.24 Å². The third-order valence-corrected chi connectivity index (χ3v) is 5.07. The van der Waals surface area contributed by atoms with Gasteiger partial charge in [-0.1, -0.05) is 11.6 Å². The summed E-state index contributed by atoms with van der Waals surface area (Å²) in [5.41, 5.74) is 0. The molecule has 0 spiro atoms. The van der Waals surface area contributed by atoms with Crippen molar-refractivity contribution >= 4 is 28.4 Å². The molecular weight excluding hydrogens is 385 g/mol. The molecule has 2 aromatic carbocycles. The molecule has 1 aliphatic heterocycles. The van der Waals surface area contributed by atoms with E-state index in [0.29, 0.717) is 24.1 Å². The van der Waals surface area contributed by atoms with Gasteiger partial charge >= 0.3 is 0 Å². The summed E-state index contributed by atoms with van der Waals surface area (Å²) in [5.74, 6) is 2.31. The summed E-state index contributed by atoms with van der Waals surface area (Å²) in [6.45, 7) is 2.59. The number of likely N-dealkylation sites (tertiary alicyclic amines) is 1. The summed E-state index contributed by atoms with van der Waals surface area (Å²) >= 11 is 11.3. The van der Waals surface area contributed by atoms with Crippen LogP contribution in [0.25, 0.3) is 0 Å². The summed E-state index contributed by atoms with van der Waals surface area (Å²) in [5, 5.41) is 0.421. The molecule has 1 heterocycles. The molecule has 1 atom stereocenters. The Labute approximate surface area is 170 Å². The topological polar surface area (TPSA) is 38.8 Å². The smallest absolute Gasteiger partial charge is 0.221 e. The maximum atomic E-state index is 10.9. The maximum Gasteiger partial charge on any atom is 0.221 e. The van der Waals surface area contributed by atoms with E-state index >= 15 is 0 Å². The number of carbonyl (C=O) groups excluding carboxylic acids is 1. The lowest BCUT2D eigenvalue weighted by Gasteiger charge is -2.24. The Morgan fingerprint density at radius 3 is 2.33 bits per heavy atom. The Morgan fingerprint density at radius 1 is 1.04 bits per heavy atom. The first-order valence-electron chi connectivity index (χ1n) is 9.19. The highest BCUT2D eigenvalue weighted by Gasteiger charge is 2.24. The van der Waals surface area contributed by atoms with Crippen LogP contribution in [0.4, 0.5) is 0 Å². The molecule has 144 valence electrons.